The molecule has 0 bridgehead atoms. The fourth-order valence-corrected chi connectivity index (χ4v) is 5.97. The van der Waals surface area contributed by atoms with Crippen LogP contribution in [-0.4, -0.2) is 47.2 Å². The lowest BCUT2D eigenvalue weighted by atomic mass is 9.98. The number of carboxylic acid groups (broad SMARTS) is 1. The highest BCUT2D eigenvalue weighted by Crippen LogP contribution is 2.44. The number of alkyl carbamates (subject to hydrolysis) is 1. The van der Waals surface area contributed by atoms with Crippen LogP contribution in [0.15, 0.2) is 54.6 Å². The number of carboxylic acids is 1. The van der Waals surface area contributed by atoms with E-state index >= 15 is 0 Å². The molecule has 1 aliphatic heterocycles. The normalized spacial score (nSPS) is 15.1. The van der Waals surface area contributed by atoms with Crippen LogP contribution >= 0.6 is 11.3 Å². The largest absolute Gasteiger partial charge is 0.477 e. The number of aromatic carboxylic acids is 1. The summed E-state index contributed by atoms with van der Waals surface area (Å²) in [6.45, 7) is 2.87. The minimum Gasteiger partial charge on any atom is -0.477 e. The van der Waals surface area contributed by atoms with Crippen molar-refractivity contribution < 1.29 is 24.2 Å². The minimum atomic E-state index is -0.953. The van der Waals surface area contributed by atoms with Gasteiger partial charge in [0.25, 0.3) is 0 Å². The summed E-state index contributed by atoms with van der Waals surface area (Å²) in [5.74, 6) is -1.19. The first-order chi connectivity index (χ1) is 17.0. The van der Waals surface area contributed by atoms with E-state index in [2.05, 4.69) is 29.6 Å². The van der Waals surface area contributed by atoms with Crippen LogP contribution in [0.3, 0.4) is 0 Å². The van der Waals surface area contributed by atoms with Crippen molar-refractivity contribution in [1.29, 1.82) is 0 Å². The van der Waals surface area contributed by atoms with E-state index in [1.54, 1.807) is 11.0 Å². The summed E-state index contributed by atoms with van der Waals surface area (Å²) < 4.78 is 5.61. The molecule has 2 aliphatic rings. The van der Waals surface area contributed by atoms with E-state index < -0.39 is 18.1 Å². The Morgan fingerprint density at radius 2 is 1.77 bits per heavy atom. The van der Waals surface area contributed by atoms with E-state index in [0.29, 0.717) is 25.9 Å². The number of carbonyl (C=O) groups is 3. The molecule has 180 valence electrons. The third-order valence-electron chi connectivity index (χ3n) is 6.73. The van der Waals surface area contributed by atoms with Crippen molar-refractivity contribution in [1.82, 2.24) is 10.2 Å². The van der Waals surface area contributed by atoms with Crippen LogP contribution in [0.2, 0.25) is 0 Å². The van der Waals surface area contributed by atoms with Gasteiger partial charge < -0.3 is 20.1 Å². The summed E-state index contributed by atoms with van der Waals surface area (Å²) in [6, 6.07) is 17.2. The van der Waals surface area contributed by atoms with Crippen LogP contribution in [-0.2, 0) is 22.5 Å². The van der Waals surface area contributed by atoms with Crippen LogP contribution in [0, 0.1) is 0 Å². The van der Waals surface area contributed by atoms with Gasteiger partial charge >= 0.3 is 12.1 Å². The summed E-state index contributed by atoms with van der Waals surface area (Å²) in [5, 5.41) is 12.0. The number of carbonyl (C=O) groups excluding carboxylic acids is 2. The summed E-state index contributed by atoms with van der Waals surface area (Å²) >= 11 is 1.26. The van der Waals surface area contributed by atoms with Crippen molar-refractivity contribution in [2.75, 3.05) is 13.2 Å². The van der Waals surface area contributed by atoms with Gasteiger partial charge in [-0.1, -0.05) is 55.5 Å². The fourth-order valence-electron chi connectivity index (χ4n) is 4.97. The van der Waals surface area contributed by atoms with Gasteiger partial charge in [-0.3, -0.25) is 4.79 Å². The predicted octanol–water partition coefficient (Wildman–Crippen LogP) is 4.65. The number of ether oxygens (including phenoxy) is 1. The van der Waals surface area contributed by atoms with E-state index in [-0.39, 0.29) is 23.3 Å². The quantitative estimate of drug-likeness (QED) is 0.525. The van der Waals surface area contributed by atoms with Crippen molar-refractivity contribution in [3.05, 3.63) is 81.0 Å². The number of nitrogens with zero attached hydrogens (tertiary/aromatic N) is 1. The summed E-state index contributed by atoms with van der Waals surface area (Å²) in [6.07, 6.45) is 0.421. The van der Waals surface area contributed by atoms with E-state index in [1.165, 1.54) is 11.3 Å². The Bertz CT molecular complexity index is 1250. The van der Waals surface area contributed by atoms with Crippen molar-refractivity contribution in [3.8, 4) is 11.1 Å². The van der Waals surface area contributed by atoms with E-state index in [0.717, 1.165) is 32.7 Å². The van der Waals surface area contributed by atoms with Gasteiger partial charge in [0.05, 0.1) is 0 Å². The van der Waals surface area contributed by atoms with Gasteiger partial charge in [0.1, 0.15) is 17.5 Å². The number of hydrogen-bond donors (Lipinski definition) is 2. The van der Waals surface area contributed by atoms with Gasteiger partial charge in [-0.05, 0) is 46.7 Å². The highest BCUT2D eigenvalue weighted by molar-refractivity contribution is 7.14. The maximum Gasteiger partial charge on any atom is 0.407 e. The maximum absolute atomic E-state index is 13.1. The third-order valence-corrected chi connectivity index (χ3v) is 7.96. The Balaban J connectivity index is 1.22. The minimum absolute atomic E-state index is 0.0496. The van der Waals surface area contributed by atoms with Crippen LogP contribution in [0.25, 0.3) is 11.1 Å². The number of nitrogens with one attached hydrogen (secondary N) is 1. The Morgan fingerprint density at radius 1 is 1.11 bits per heavy atom. The molecule has 2 heterocycles. The highest BCUT2D eigenvalue weighted by atomic mass is 32.1. The third kappa shape index (κ3) is 4.41. The molecule has 8 heteroatoms. The Labute approximate surface area is 207 Å². The predicted molar refractivity (Wildman–Crippen MR) is 133 cm³/mol. The zero-order valence-electron chi connectivity index (χ0n) is 19.3. The smallest absolute Gasteiger partial charge is 0.407 e. The molecule has 1 aromatic heterocycles. The first-order valence-corrected chi connectivity index (χ1v) is 12.5. The van der Waals surface area contributed by atoms with Gasteiger partial charge in [-0.2, -0.15) is 0 Å². The Kier molecular flexibility index (Phi) is 6.30. The first-order valence-electron chi connectivity index (χ1n) is 11.7. The number of benzene rings is 2. The zero-order chi connectivity index (χ0) is 24.5. The molecular weight excluding hydrogens is 464 g/mol. The standard InChI is InChI=1S/C27H26N2O5S/c1-2-22(25(30)29-12-11-23-16(14-29)13-24(35-23)26(31)32)28-27(33)34-15-21-19-9-5-3-7-17(19)18-8-4-6-10-20(18)21/h3-10,13,21-22H,2,11-12,14-15H2,1H3,(H,28,33)(H,31,32)/t22-/m0/s1. The zero-order valence-corrected chi connectivity index (χ0v) is 20.1. The number of hydrogen-bond acceptors (Lipinski definition) is 5. The first kappa shape index (κ1) is 23.1. The molecule has 35 heavy (non-hydrogen) atoms. The van der Waals surface area contributed by atoms with Gasteiger partial charge in [0, 0.05) is 23.9 Å². The summed E-state index contributed by atoms with van der Waals surface area (Å²) in [5.41, 5.74) is 5.43. The number of rotatable bonds is 6. The molecular formula is C27H26N2O5S. The number of thiophene rings is 1. The lowest BCUT2D eigenvalue weighted by molar-refractivity contribution is -0.134. The van der Waals surface area contributed by atoms with Crippen LogP contribution in [0.1, 0.15) is 50.5 Å². The van der Waals surface area contributed by atoms with Gasteiger partial charge in [-0.15, -0.1) is 11.3 Å². The highest BCUT2D eigenvalue weighted by Gasteiger charge is 2.31. The molecule has 2 amide bonds. The molecule has 3 aromatic rings. The van der Waals surface area contributed by atoms with Crippen molar-refractivity contribution in [3.63, 3.8) is 0 Å². The molecule has 1 aliphatic carbocycles. The molecule has 0 fully saturated rings. The molecule has 0 spiro atoms. The molecule has 1 atom stereocenters. The van der Waals surface area contributed by atoms with Crippen LogP contribution in [0.4, 0.5) is 4.79 Å². The Hall–Kier alpha value is -3.65. The lowest BCUT2D eigenvalue weighted by Crippen LogP contribution is -2.49. The van der Waals surface area contributed by atoms with Crippen LogP contribution in [0.5, 0.6) is 0 Å². The van der Waals surface area contributed by atoms with E-state index in [4.69, 9.17) is 4.74 Å². The molecule has 0 saturated carbocycles. The van der Waals surface area contributed by atoms with Crippen molar-refractivity contribution >= 4 is 29.3 Å². The molecule has 7 nitrogen and oxygen atoms in total. The van der Waals surface area contributed by atoms with E-state index in [9.17, 15) is 19.5 Å². The molecule has 0 radical (unpaired) electrons. The number of fused-ring (bicyclic) bond motifs is 4. The second kappa shape index (κ2) is 9.54. The number of amides is 2. The van der Waals surface area contributed by atoms with Gasteiger partial charge in [0.15, 0.2) is 0 Å². The van der Waals surface area contributed by atoms with Gasteiger partial charge in [0.2, 0.25) is 5.91 Å². The lowest BCUT2D eigenvalue weighted by Gasteiger charge is -2.30. The van der Waals surface area contributed by atoms with Crippen molar-refractivity contribution in [2.24, 2.45) is 0 Å². The van der Waals surface area contributed by atoms with Gasteiger partial charge in [-0.25, -0.2) is 9.59 Å². The molecule has 2 N–H and O–H groups in total. The topological polar surface area (TPSA) is 95.9 Å². The SMILES string of the molecule is CC[C@H](NC(=O)OCC1c2ccccc2-c2ccccc21)C(=O)N1CCc2sc(C(=O)O)cc2C1. The van der Waals surface area contributed by atoms with E-state index in [1.807, 2.05) is 31.2 Å². The molecule has 0 saturated heterocycles. The van der Waals surface area contributed by atoms with Crippen molar-refractivity contribution in [2.45, 2.75) is 38.3 Å². The second-order valence-electron chi connectivity index (χ2n) is 8.80. The molecule has 0 unspecified atom stereocenters. The average molecular weight is 491 g/mol. The fraction of sp³-hybridized carbons (Fsp3) is 0.296. The van der Waals surface area contributed by atoms with Crippen LogP contribution < -0.4 is 5.32 Å². The molecule has 5 rings (SSSR count). The average Bonchev–Trinajstić information content (AvgIpc) is 3.45. The molecule has 2 aromatic carbocycles. The summed E-state index contributed by atoms with van der Waals surface area (Å²) in [4.78, 5) is 40.1. The maximum atomic E-state index is 13.1. The second-order valence-corrected chi connectivity index (χ2v) is 9.94. The summed E-state index contributed by atoms with van der Waals surface area (Å²) in [7, 11) is 0. The monoisotopic (exact) mass is 490 g/mol. The Morgan fingerprint density at radius 3 is 2.40 bits per heavy atom.